The van der Waals surface area contributed by atoms with E-state index in [2.05, 4.69) is 45.7 Å². The number of carbonyl (C=O) groups is 2. The van der Waals surface area contributed by atoms with Crippen molar-refractivity contribution in [2.24, 2.45) is 11.8 Å². The van der Waals surface area contributed by atoms with Crippen LogP contribution >= 0.6 is 11.3 Å². The molecule has 7 nitrogen and oxygen atoms in total. The van der Waals surface area contributed by atoms with Crippen LogP contribution in [0.3, 0.4) is 0 Å². The van der Waals surface area contributed by atoms with Crippen molar-refractivity contribution in [2.75, 3.05) is 32.7 Å². The van der Waals surface area contributed by atoms with Gasteiger partial charge in [0.2, 0.25) is 11.9 Å². The number of rotatable bonds is 9. The summed E-state index contributed by atoms with van der Waals surface area (Å²) in [5.41, 5.74) is -1.40. The standard InChI is InChI=1S/C34H41F6N5O2S.Li/c1-22-6-5-7-25(16-22)24-8-13-44(14-9-24)15-10-28(29-21-48-31(42-29)43-32(47)45-11-3-2-4-12-45)30(46)41-20-23-17-26(33(35,36)37)19-27(18-23)34(38,39)40;/h5-7,17-19,21-22,24,28H,2-4,8-16,20H2,1H3,(H2,41,42,43,46,47);/q;+1/p-1. The summed E-state index contributed by atoms with van der Waals surface area (Å²) in [6, 6.07) is 0.880. The molecule has 1 aliphatic carbocycles. The Labute approximate surface area is 298 Å². The zero-order valence-electron chi connectivity index (χ0n) is 27.7. The van der Waals surface area contributed by atoms with Crippen LogP contribution in [-0.4, -0.2) is 59.4 Å². The van der Waals surface area contributed by atoms with Crippen LogP contribution in [0.1, 0.15) is 80.2 Å². The van der Waals surface area contributed by atoms with E-state index >= 15 is 0 Å². The molecule has 262 valence electrons. The number of piperidine rings is 2. The quantitative estimate of drug-likeness (QED) is 0.264. The molecule has 49 heavy (non-hydrogen) atoms. The van der Waals surface area contributed by atoms with Gasteiger partial charge in [0.15, 0.2) is 0 Å². The molecule has 2 fully saturated rings. The van der Waals surface area contributed by atoms with E-state index in [-0.39, 0.29) is 35.6 Å². The zero-order valence-corrected chi connectivity index (χ0v) is 28.6. The number of halogens is 6. The van der Waals surface area contributed by atoms with E-state index in [1.54, 1.807) is 10.3 Å². The third kappa shape index (κ3) is 10.8. The van der Waals surface area contributed by atoms with Gasteiger partial charge in [-0.1, -0.05) is 37.1 Å². The molecule has 0 saturated carbocycles. The van der Waals surface area contributed by atoms with Crippen LogP contribution in [0.25, 0.3) is 5.32 Å². The third-order valence-corrected chi connectivity index (χ3v) is 10.0. The number of benzene rings is 1. The summed E-state index contributed by atoms with van der Waals surface area (Å²) < 4.78 is 80.5. The molecule has 3 aliphatic rings. The van der Waals surface area contributed by atoms with Crippen molar-refractivity contribution in [1.82, 2.24) is 20.1 Å². The van der Waals surface area contributed by atoms with E-state index in [4.69, 9.17) is 0 Å². The minimum absolute atomic E-state index is 0. The van der Waals surface area contributed by atoms with Gasteiger partial charge in [0, 0.05) is 6.54 Å². The topological polar surface area (TPSA) is 79.6 Å². The zero-order chi connectivity index (χ0) is 34.5. The van der Waals surface area contributed by atoms with E-state index in [9.17, 15) is 35.9 Å². The normalized spacial score (nSPS) is 19.9. The molecular weight excluding hydrogens is 663 g/mol. The van der Waals surface area contributed by atoms with Crippen LogP contribution in [-0.2, 0) is 23.7 Å². The van der Waals surface area contributed by atoms with Gasteiger partial charge in [-0.3, -0.25) is 9.59 Å². The first-order chi connectivity index (χ1) is 22.8. The van der Waals surface area contributed by atoms with Gasteiger partial charge in [0.25, 0.3) is 0 Å². The predicted molar refractivity (Wildman–Crippen MR) is 172 cm³/mol. The summed E-state index contributed by atoms with van der Waals surface area (Å²) in [5.74, 6) is -0.416. The van der Waals surface area contributed by atoms with Crippen molar-refractivity contribution in [3.05, 3.63) is 75.1 Å². The second-order valence-electron chi connectivity index (χ2n) is 12.9. The SMILES string of the molecule is CC1C=CC=C(C2CCN(CCC(C(=O)NCc3cc(C(F)(F)F)cc(C(F)(F)F)c3)c3csc([N-]C(=O)N4CCCCC4)n3)CC2)C1.[Li+]. The van der Waals surface area contributed by atoms with Crippen LogP contribution in [0.15, 0.2) is 47.4 Å². The maximum Gasteiger partial charge on any atom is 1.00 e. The van der Waals surface area contributed by atoms with Gasteiger partial charge >= 0.3 is 31.2 Å². The van der Waals surface area contributed by atoms with E-state index in [0.717, 1.165) is 63.0 Å². The smallest absolute Gasteiger partial charge is 0.395 e. The Balaban J connectivity index is 0.00000541. The number of allylic oxidation sites excluding steroid dienone is 4. The first kappa shape index (κ1) is 39.0. The minimum Gasteiger partial charge on any atom is -0.395 e. The Bertz CT molecular complexity index is 1460. The fourth-order valence-corrected chi connectivity index (χ4v) is 7.32. The second kappa shape index (κ2) is 16.9. The number of alkyl halides is 6. The van der Waals surface area contributed by atoms with Gasteiger partial charge in [0.1, 0.15) is 0 Å². The van der Waals surface area contributed by atoms with Gasteiger partial charge in [-0.05, 0) is 118 Å². The summed E-state index contributed by atoms with van der Waals surface area (Å²) in [6.07, 6.45) is 2.73. The van der Waals surface area contributed by atoms with Crippen LogP contribution in [0.4, 0.5) is 36.3 Å². The maximum absolute atomic E-state index is 13.6. The van der Waals surface area contributed by atoms with E-state index < -0.39 is 47.9 Å². The van der Waals surface area contributed by atoms with E-state index in [0.29, 0.717) is 55.7 Å². The molecule has 3 heterocycles. The molecule has 2 aliphatic heterocycles. The number of nitrogens with one attached hydrogen (secondary N) is 1. The van der Waals surface area contributed by atoms with Gasteiger partial charge in [-0.25, -0.2) is 0 Å². The second-order valence-corrected chi connectivity index (χ2v) is 13.7. The van der Waals surface area contributed by atoms with E-state index in [1.807, 2.05) is 0 Å². The first-order valence-corrected chi connectivity index (χ1v) is 17.3. The van der Waals surface area contributed by atoms with E-state index in [1.165, 1.54) is 5.57 Å². The number of hydrogen-bond donors (Lipinski definition) is 1. The number of aromatic nitrogens is 1. The van der Waals surface area contributed by atoms with Gasteiger partial charge in [-0.2, -0.15) is 26.3 Å². The fourth-order valence-electron chi connectivity index (χ4n) is 6.59. The number of hydrogen-bond acceptors (Lipinski definition) is 5. The maximum atomic E-state index is 13.6. The van der Waals surface area contributed by atoms with Crippen molar-refractivity contribution in [3.8, 4) is 0 Å². The minimum atomic E-state index is -5.00. The average Bonchev–Trinajstić information content (AvgIpc) is 3.51. The monoisotopic (exact) mass is 703 g/mol. The van der Waals surface area contributed by atoms with Crippen molar-refractivity contribution in [3.63, 3.8) is 0 Å². The van der Waals surface area contributed by atoms with Gasteiger partial charge in [-0.15, -0.1) is 11.3 Å². The average molecular weight is 704 g/mol. The van der Waals surface area contributed by atoms with Crippen LogP contribution in [0.2, 0.25) is 0 Å². The van der Waals surface area contributed by atoms with Crippen molar-refractivity contribution < 1.29 is 54.8 Å². The third-order valence-electron chi connectivity index (χ3n) is 9.27. The number of urea groups is 1. The Morgan fingerprint density at radius 2 is 1.65 bits per heavy atom. The Morgan fingerprint density at radius 1 is 1.00 bits per heavy atom. The van der Waals surface area contributed by atoms with Crippen molar-refractivity contribution in [2.45, 2.75) is 76.7 Å². The molecule has 0 radical (unpaired) electrons. The summed E-state index contributed by atoms with van der Waals surface area (Å²) in [4.78, 5) is 34.7. The molecule has 3 amide bonds. The fraction of sp³-hybridized carbons (Fsp3) is 0.559. The molecule has 5 rings (SSSR count). The number of amides is 3. The molecule has 1 aromatic heterocycles. The number of thiazole rings is 1. The molecule has 2 atom stereocenters. The molecule has 2 unspecified atom stereocenters. The largest absolute Gasteiger partial charge is 1.00 e. The summed E-state index contributed by atoms with van der Waals surface area (Å²) in [5, 5.41) is 8.52. The Hall–Kier alpha value is -2.79. The molecule has 0 spiro atoms. The number of likely N-dealkylation sites (tertiary alicyclic amines) is 2. The summed E-state index contributed by atoms with van der Waals surface area (Å²) in [7, 11) is 0. The molecular formula is C34H40F6LiN5O2S. The first-order valence-electron chi connectivity index (χ1n) is 16.4. The van der Waals surface area contributed by atoms with Crippen LogP contribution in [0.5, 0.6) is 0 Å². The van der Waals surface area contributed by atoms with Crippen LogP contribution in [0, 0.1) is 11.8 Å². The molecule has 1 N–H and O–H groups in total. The Morgan fingerprint density at radius 3 is 2.27 bits per heavy atom. The van der Waals surface area contributed by atoms with Crippen molar-refractivity contribution in [1.29, 1.82) is 0 Å². The number of carbonyl (C=O) groups excluding carboxylic acids is 2. The van der Waals surface area contributed by atoms with Crippen molar-refractivity contribution >= 4 is 28.4 Å². The predicted octanol–water partition coefficient (Wildman–Crippen LogP) is 5.82. The van der Waals surface area contributed by atoms with Gasteiger partial charge in [0.05, 0.1) is 22.2 Å². The summed E-state index contributed by atoms with van der Waals surface area (Å²) in [6.45, 7) is 5.10. The molecule has 15 heteroatoms. The molecule has 2 saturated heterocycles. The molecule has 2 aromatic rings. The van der Waals surface area contributed by atoms with Gasteiger partial charge < -0.3 is 25.4 Å². The van der Waals surface area contributed by atoms with Crippen LogP contribution < -0.4 is 24.2 Å². The number of nitrogens with zero attached hydrogens (tertiary/aromatic N) is 4. The summed E-state index contributed by atoms with van der Waals surface area (Å²) >= 11 is 1.11. The molecule has 1 aromatic carbocycles. The molecule has 0 bridgehead atoms. The Kier molecular flexibility index (Phi) is 13.5.